The number of hydrogen-bond donors (Lipinski definition) is 4. The first-order chi connectivity index (χ1) is 13.9. The van der Waals surface area contributed by atoms with Crippen molar-refractivity contribution < 1.29 is 4.79 Å². The second-order valence-corrected chi connectivity index (χ2v) is 7.18. The van der Waals surface area contributed by atoms with Crippen molar-refractivity contribution in [3.63, 3.8) is 0 Å². The van der Waals surface area contributed by atoms with Crippen molar-refractivity contribution in [1.29, 1.82) is 5.41 Å². The quantitative estimate of drug-likeness (QED) is 0.464. The molecule has 0 atom stereocenters. The average molecular weight is 388 g/mol. The van der Waals surface area contributed by atoms with Crippen molar-refractivity contribution in [3.05, 3.63) is 77.7 Å². The second-order valence-electron chi connectivity index (χ2n) is 7.18. The van der Waals surface area contributed by atoms with Gasteiger partial charge in [-0.05, 0) is 44.5 Å². The summed E-state index contributed by atoms with van der Waals surface area (Å²) in [5, 5.41) is 16.6. The highest BCUT2D eigenvalue weighted by atomic mass is 16.2. The minimum atomic E-state index is -0.545. The summed E-state index contributed by atoms with van der Waals surface area (Å²) >= 11 is 0. The van der Waals surface area contributed by atoms with Crippen LogP contribution in [0.2, 0.25) is 0 Å². The van der Waals surface area contributed by atoms with Gasteiger partial charge >= 0.3 is 6.03 Å². The van der Waals surface area contributed by atoms with Crippen LogP contribution in [0.25, 0.3) is 0 Å². The van der Waals surface area contributed by atoms with Crippen molar-refractivity contribution in [1.82, 2.24) is 15.3 Å². The van der Waals surface area contributed by atoms with Gasteiger partial charge in [-0.3, -0.25) is 10.3 Å². The lowest BCUT2D eigenvalue weighted by molar-refractivity contribution is 0.242. The largest absolute Gasteiger partial charge is 0.354 e. The number of amides is 2. The third-order valence-electron chi connectivity index (χ3n) is 4.43. The first-order valence-corrected chi connectivity index (χ1v) is 9.22. The van der Waals surface area contributed by atoms with Crippen LogP contribution in [0.3, 0.4) is 0 Å². The van der Waals surface area contributed by atoms with E-state index in [-0.39, 0.29) is 6.03 Å². The molecule has 3 rings (SSSR count). The van der Waals surface area contributed by atoms with E-state index in [2.05, 4.69) is 25.9 Å². The minimum absolute atomic E-state index is 0.362. The van der Waals surface area contributed by atoms with Gasteiger partial charge in [0.25, 0.3) is 0 Å². The van der Waals surface area contributed by atoms with E-state index >= 15 is 0 Å². The summed E-state index contributed by atoms with van der Waals surface area (Å²) < 4.78 is 0. The molecular formula is C22H24N6O. The van der Waals surface area contributed by atoms with Gasteiger partial charge in [-0.2, -0.15) is 0 Å². The SMILES string of the molecule is Cc1cc(Nc2cnc(NC(=O)NC(C)(C)c3ccccc3)cc2C=N)ccn1. The maximum atomic E-state index is 12.5. The van der Waals surface area contributed by atoms with Gasteiger partial charge < -0.3 is 16.0 Å². The number of urea groups is 1. The molecule has 7 nitrogen and oxygen atoms in total. The van der Waals surface area contributed by atoms with Crippen LogP contribution in [-0.4, -0.2) is 22.2 Å². The third-order valence-corrected chi connectivity index (χ3v) is 4.43. The van der Waals surface area contributed by atoms with Gasteiger partial charge in [-0.25, -0.2) is 9.78 Å². The van der Waals surface area contributed by atoms with Crippen LogP contribution in [0.1, 0.15) is 30.7 Å². The van der Waals surface area contributed by atoms with Gasteiger partial charge in [0.05, 0.1) is 17.4 Å². The predicted molar refractivity (Wildman–Crippen MR) is 116 cm³/mol. The number of carbonyl (C=O) groups excluding carboxylic acids is 1. The van der Waals surface area contributed by atoms with Crippen LogP contribution in [0, 0.1) is 12.3 Å². The fourth-order valence-corrected chi connectivity index (χ4v) is 2.90. The van der Waals surface area contributed by atoms with E-state index in [1.165, 1.54) is 6.21 Å². The Morgan fingerprint density at radius 1 is 1.10 bits per heavy atom. The normalized spacial score (nSPS) is 10.9. The lowest BCUT2D eigenvalue weighted by atomic mass is 9.95. The Kier molecular flexibility index (Phi) is 5.87. The number of nitrogens with zero attached hydrogens (tertiary/aromatic N) is 2. The fraction of sp³-hybridized carbons (Fsp3) is 0.182. The minimum Gasteiger partial charge on any atom is -0.354 e. The standard InChI is InChI=1S/C22H24N6O/c1-15-11-18(9-10-24-15)26-19-14-25-20(12-16(19)13-23)27-21(29)28-22(2,3)17-7-5-4-6-8-17/h4-14,23H,1-3H3,(H,24,26)(H2,25,27,28,29). The maximum Gasteiger partial charge on any atom is 0.321 e. The molecule has 0 saturated carbocycles. The Hall–Kier alpha value is -3.74. The van der Waals surface area contributed by atoms with E-state index in [0.29, 0.717) is 17.1 Å². The summed E-state index contributed by atoms with van der Waals surface area (Å²) in [5.41, 5.74) is 3.46. The molecule has 29 heavy (non-hydrogen) atoms. The molecule has 0 bridgehead atoms. The smallest absolute Gasteiger partial charge is 0.321 e. The monoisotopic (exact) mass is 388 g/mol. The van der Waals surface area contributed by atoms with Gasteiger partial charge in [0, 0.05) is 29.4 Å². The molecule has 148 valence electrons. The third kappa shape index (κ3) is 5.16. The highest BCUT2D eigenvalue weighted by molar-refractivity contribution is 5.92. The lowest BCUT2D eigenvalue weighted by Crippen LogP contribution is -2.43. The Morgan fingerprint density at radius 2 is 1.86 bits per heavy atom. The molecule has 0 aliphatic rings. The Bertz CT molecular complexity index is 1020. The second kappa shape index (κ2) is 8.52. The Labute approximate surface area is 170 Å². The van der Waals surface area contributed by atoms with E-state index < -0.39 is 5.54 Å². The Balaban J connectivity index is 1.71. The van der Waals surface area contributed by atoms with E-state index in [9.17, 15) is 4.79 Å². The fourth-order valence-electron chi connectivity index (χ4n) is 2.90. The van der Waals surface area contributed by atoms with Crippen molar-refractivity contribution in [3.8, 4) is 0 Å². The number of aryl methyl sites for hydroxylation is 1. The summed E-state index contributed by atoms with van der Waals surface area (Å²) in [6.45, 7) is 5.77. The van der Waals surface area contributed by atoms with E-state index in [1.807, 2.05) is 63.2 Å². The summed E-state index contributed by atoms with van der Waals surface area (Å²) in [6, 6.07) is 14.8. The Morgan fingerprint density at radius 3 is 2.55 bits per heavy atom. The number of rotatable bonds is 6. The molecule has 0 radical (unpaired) electrons. The molecule has 0 spiro atoms. The van der Waals surface area contributed by atoms with Crippen LogP contribution in [0.15, 0.2) is 60.9 Å². The summed E-state index contributed by atoms with van der Waals surface area (Å²) in [5.74, 6) is 0.362. The van der Waals surface area contributed by atoms with Crippen LogP contribution >= 0.6 is 0 Å². The van der Waals surface area contributed by atoms with Crippen molar-refractivity contribution >= 4 is 29.4 Å². The molecule has 4 N–H and O–H groups in total. The first-order valence-electron chi connectivity index (χ1n) is 9.22. The van der Waals surface area contributed by atoms with E-state index in [0.717, 1.165) is 16.9 Å². The topological polar surface area (TPSA) is 103 Å². The molecule has 0 saturated heterocycles. The first kappa shape index (κ1) is 20.0. The number of nitrogens with one attached hydrogen (secondary N) is 4. The van der Waals surface area contributed by atoms with Crippen molar-refractivity contribution in [2.75, 3.05) is 10.6 Å². The molecule has 7 heteroatoms. The molecule has 3 aromatic rings. The zero-order valence-corrected chi connectivity index (χ0v) is 16.7. The van der Waals surface area contributed by atoms with Gasteiger partial charge in [-0.1, -0.05) is 30.3 Å². The number of carbonyl (C=O) groups is 1. The number of hydrogen-bond acceptors (Lipinski definition) is 5. The van der Waals surface area contributed by atoms with Gasteiger partial charge in [0.15, 0.2) is 0 Å². The molecular weight excluding hydrogens is 364 g/mol. The van der Waals surface area contributed by atoms with Crippen molar-refractivity contribution in [2.45, 2.75) is 26.3 Å². The molecule has 0 aliphatic carbocycles. The zero-order valence-electron chi connectivity index (χ0n) is 16.7. The average Bonchev–Trinajstić information content (AvgIpc) is 2.69. The van der Waals surface area contributed by atoms with Crippen LogP contribution in [0.4, 0.5) is 22.0 Å². The summed E-state index contributed by atoms with van der Waals surface area (Å²) in [7, 11) is 0. The van der Waals surface area contributed by atoms with Crippen molar-refractivity contribution in [2.24, 2.45) is 0 Å². The number of benzene rings is 1. The lowest BCUT2D eigenvalue weighted by Gasteiger charge is -2.27. The zero-order chi connectivity index (χ0) is 20.9. The van der Waals surface area contributed by atoms with Gasteiger partial charge in [0.1, 0.15) is 5.82 Å². The molecule has 1 aromatic carbocycles. The predicted octanol–water partition coefficient (Wildman–Crippen LogP) is 4.58. The molecule has 0 fully saturated rings. The number of pyridine rings is 2. The number of anilines is 3. The molecule has 2 heterocycles. The van der Waals surface area contributed by atoms with Crippen LogP contribution in [0.5, 0.6) is 0 Å². The highest BCUT2D eigenvalue weighted by Gasteiger charge is 2.22. The van der Waals surface area contributed by atoms with Gasteiger partial charge in [-0.15, -0.1) is 0 Å². The highest BCUT2D eigenvalue weighted by Crippen LogP contribution is 2.22. The number of aromatic nitrogens is 2. The molecule has 0 unspecified atom stereocenters. The van der Waals surface area contributed by atoms with Gasteiger partial charge in [0.2, 0.25) is 0 Å². The summed E-state index contributed by atoms with van der Waals surface area (Å²) in [6.07, 6.45) is 4.52. The van der Waals surface area contributed by atoms with E-state index in [1.54, 1.807) is 18.5 Å². The molecule has 2 aromatic heterocycles. The van der Waals surface area contributed by atoms with Crippen LogP contribution in [-0.2, 0) is 5.54 Å². The summed E-state index contributed by atoms with van der Waals surface area (Å²) in [4.78, 5) is 20.9. The maximum absolute atomic E-state index is 12.5. The molecule has 2 amide bonds. The van der Waals surface area contributed by atoms with E-state index in [4.69, 9.17) is 5.41 Å². The molecule has 0 aliphatic heterocycles. The van der Waals surface area contributed by atoms with Crippen LogP contribution < -0.4 is 16.0 Å².